The zero-order valence-corrected chi connectivity index (χ0v) is 8.97. The summed E-state index contributed by atoms with van der Waals surface area (Å²) in [6.45, 7) is 3.54. The highest BCUT2D eigenvalue weighted by atomic mass is 16.5. The zero-order valence-electron chi connectivity index (χ0n) is 8.97. The summed E-state index contributed by atoms with van der Waals surface area (Å²) in [6, 6.07) is 1.92. The van der Waals surface area contributed by atoms with Crippen molar-refractivity contribution in [3.63, 3.8) is 0 Å². The van der Waals surface area contributed by atoms with Gasteiger partial charge in [0, 0.05) is 11.6 Å². The van der Waals surface area contributed by atoms with E-state index in [0.29, 0.717) is 13.2 Å². The van der Waals surface area contributed by atoms with Gasteiger partial charge in [-0.3, -0.25) is 4.98 Å². The van der Waals surface area contributed by atoms with Crippen LogP contribution < -0.4 is 5.32 Å². The molecule has 5 heteroatoms. The molecule has 1 saturated heterocycles. The summed E-state index contributed by atoms with van der Waals surface area (Å²) < 4.78 is 5.20. The van der Waals surface area contributed by atoms with Crippen LogP contribution in [0, 0.1) is 0 Å². The van der Waals surface area contributed by atoms with Gasteiger partial charge in [-0.15, -0.1) is 0 Å². The summed E-state index contributed by atoms with van der Waals surface area (Å²) in [7, 11) is 0. The van der Waals surface area contributed by atoms with Crippen molar-refractivity contribution in [3.8, 4) is 0 Å². The van der Waals surface area contributed by atoms with E-state index < -0.39 is 0 Å². The maximum atomic E-state index is 5.20. The molecule has 5 nitrogen and oxygen atoms in total. The van der Waals surface area contributed by atoms with Gasteiger partial charge in [0.2, 0.25) is 0 Å². The number of hydrogen-bond acceptors (Lipinski definition) is 5. The van der Waals surface area contributed by atoms with Gasteiger partial charge in [0.1, 0.15) is 12.1 Å². The topological polar surface area (TPSA) is 59.9 Å². The minimum atomic E-state index is -0.00937. The lowest BCUT2D eigenvalue weighted by molar-refractivity contribution is -0.0319. The van der Waals surface area contributed by atoms with E-state index >= 15 is 0 Å². The molecule has 0 spiro atoms. The Labute approximate surface area is 92.9 Å². The van der Waals surface area contributed by atoms with E-state index in [1.807, 2.05) is 6.07 Å². The van der Waals surface area contributed by atoms with E-state index in [0.717, 1.165) is 16.7 Å². The van der Waals surface area contributed by atoms with Gasteiger partial charge in [0.05, 0.1) is 30.5 Å². The fraction of sp³-hybridized carbons (Fsp3) is 0.364. The monoisotopic (exact) mass is 216 g/mol. The number of hydrogen-bond donors (Lipinski definition) is 1. The van der Waals surface area contributed by atoms with Gasteiger partial charge in [0.15, 0.2) is 0 Å². The molecule has 3 heterocycles. The Morgan fingerprint density at radius 1 is 1.38 bits per heavy atom. The maximum Gasteiger partial charge on any atom is 0.137 e. The molecule has 0 aromatic carbocycles. The Morgan fingerprint density at radius 3 is 3.00 bits per heavy atom. The van der Waals surface area contributed by atoms with Crippen LogP contribution in [0.15, 0.2) is 24.8 Å². The molecule has 0 aliphatic carbocycles. The number of fused-ring (bicyclic) bond motifs is 1. The van der Waals surface area contributed by atoms with Crippen molar-refractivity contribution in [2.24, 2.45) is 0 Å². The lowest BCUT2D eigenvalue weighted by Gasteiger charge is -2.39. The molecule has 16 heavy (non-hydrogen) atoms. The number of ether oxygens (including phenoxy) is 1. The average Bonchev–Trinajstić information content (AvgIpc) is 2.27. The molecule has 1 aliphatic heterocycles. The van der Waals surface area contributed by atoms with Crippen LogP contribution in [0.2, 0.25) is 0 Å². The summed E-state index contributed by atoms with van der Waals surface area (Å²) in [5, 5.41) is 4.39. The second-order valence-corrected chi connectivity index (χ2v) is 4.29. The average molecular weight is 216 g/mol. The molecule has 0 unspecified atom stereocenters. The largest absolute Gasteiger partial charge is 0.376 e. The molecule has 82 valence electrons. The number of rotatable bonds is 2. The lowest BCUT2D eigenvalue weighted by atomic mass is 10.0. The van der Waals surface area contributed by atoms with Crippen molar-refractivity contribution in [3.05, 3.63) is 24.8 Å². The van der Waals surface area contributed by atoms with Gasteiger partial charge >= 0.3 is 0 Å². The highest BCUT2D eigenvalue weighted by molar-refractivity contribution is 5.88. The number of nitrogens with one attached hydrogen (secondary N) is 1. The molecular formula is C11H12N4O. The van der Waals surface area contributed by atoms with Gasteiger partial charge in [-0.25, -0.2) is 9.97 Å². The minimum Gasteiger partial charge on any atom is -0.376 e. The molecule has 2 aromatic heterocycles. The molecular weight excluding hydrogens is 204 g/mol. The number of pyridine rings is 1. The Balaban J connectivity index is 2.03. The fourth-order valence-corrected chi connectivity index (χ4v) is 1.77. The first-order chi connectivity index (χ1) is 7.77. The molecule has 3 rings (SSSR count). The summed E-state index contributed by atoms with van der Waals surface area (Å²) in [5.41, 5.74) is 0.841. The van der Waals surface area contributed by atoms with Crippen LogP contribution in [0.25, 0.3) is 10.9 Å². The molecule has 1 fully saturated rings. The molecule has 1 N–H and O–H groups in total. The highest BCUT2D eigenvalue weighted by Gasteiger charge is 2.33. The van der Waals surface area contributed by atoms with E-state index in [1.165, 1.54) is 0 Å². The summed E-state index contributed by atoms with van der Waals surface area (Å²) in [4.78, 5) is 12.5. The normalized spacial score (nSPS) is 18.1. The second-order valence-electron chi connectivity index (χ2n) is 4.29. The molecule has 0 bridgehead atoms. The molecule has 1 aliphatic rings. The van der Waals surface area contributed by atoms with Gasteiger partial charge in [-0.2, -0.15) is 0 Å². The van der Waals surface area contributed by atoms with Crippen molar-refractivity contribution in [2.45, 2.75) is 12.5 Å². The van der Waals surface area contributed by atoms with Crippen LogP contribution in [0.4, 0.5) is 5.82 Å². The quantitative estimate of drug-likeness (QED) is 0.818. The third kappa shape index (κ3) is 1.49. The van der Waals surface area contributed by atoms with Gasteiger partial charge in [-0.05, 0) is 13.0 Å². The first-order valence-electron chi connectivity index (χ1n) is 5.18. The van der Waals surface area contributed by atoms with Crippen LogP contribution in [0.3, 0.4) is 0 Å². The smallest absolute Gasteiger partial charge is 0.137 e. The van der Waals surface area contributed by atoms with E-state index in [9.17, 15) is 0 Å². The van der Waals surface area contributed by atoms with Crippen LogP contribution in [-0.2, 0) is 4.74 Å². The zero-order chi connectivity index (χ0) is 11.0. The molecule has 0 amide bonds. The maximum absolute atomic E-state index is 5.20. The number of anilines is 1. The first kappa shape index (κ1) is 9.47. The predicted octanol–water partition coefficient (Wildman–Crippen LogP) is 1.23. The van der Waals surface area contributed by atoms with E-state index in [-0.39, 0.29) is 5.54 Å². The fourth-order valence-electron chi connectivity index (χ4n) is 1.77. The Kier molecular flexibility index (Phi) is 2.00. The highest BCUT2D eigenvalue weighted by Crippen LogP contribution is 2.25. The van der Waals surface area contributed by atoms with Crippen LogP contribution >= 0.6 is 0 Å². The van der Waals surface area contributed by atoms with Crippen LogP contribution in [0.5, 0.6) is 0 Å². The molecule has 0 radical (unpaired) electrons. The van der Waals surface area contributed by atoms with E-state index in [4.69, 9.17) is 4.74 Å². The number of aromatic nitrogens is 3. The molecule has 0 atom stereocenters. The summed E-state index contributed by atoms with van der Waals surface area (Å²) >= 11 is 0. The van der Waals surface area contributed by atoms with Crippen molar-refractivity contribution in [1.29, 1.82) is 0 Å². The van der Waals surface area contributed by atoms with Crippen LogP contribution in [0.1, 0.15) is 6.92 Å². The Bertz CT molecular complexity index is 519. The Morgan fingerprint density at radius 2 is 2.25 bits per heavy atom. The summed E-state index contributed by atoms with van der Waals surface area (Å²) in [5.74, 6) is 0.846. The number of nitrogens with zero attached hydrogens (tertiary/aromatic N) is 3. The van der Waals surface area contributed by atoms with E-state index in [1.54, 1.807) is 18.7 Å². The third-order valence-corrected chi connectivity index (χ3v) is 2.70. The van der Waals surface area contributed by atoms with Gasteiger partial charge in [-0.1, -0.05) is 0 Å². The molecule has 2 aromatic rings. The molecule has 0 saturated carbocycles. The SMILES string of the molecule is CC1(Nc2ncnc3cnccc23)COC1. The van der Waals surface area contributed by atoms with Gasteiger partial charge < -0.3 is 10.1 Å². The third-order valence-electron chi connectivity index (χ3n) is 2.70. The standard InChI is InChI=1S/C11H12N4O/c1-11(5-16-6-11)15-10-8-2-3-12-4-9(8)13-7-14-10/h2-4,7H,5-6H2,1H3,(H,13,14,15). The van der Waals surface area contributed by atoms with Crippen LogP contribution in [-0.4, -0.2) is 33.7 Å². The summed E-state index contributed by atoms with van der Waals surface area (Å²) in [6.07, 6.45) is 5.04. The predicted molar refractivity (Wildman–Crippen MR) is 60.2 cm³/mol. The van der Waals surface area contributed by atoms with Gasteiger partial charge in [0.25, 0.3) is 0 Å². The van der Waals surface area contributed by atoms with Crippen molar-refractivity contribution in [2.75, 3.05) is 18.5 Å². The minimum absolute atomic E-state index is 0.00937. The van der Waals surface area contributed by atoms with Crippen molar-refractivity contribution in [1.82, 2.24) is 15.0 Å². The lowest BCUT2D eigenvalue weighted by Crippen LogP contribution is -2.53. The van der Waals surface area contributed by atoms with E-state index in [2.05, 4.69) is 27.2 Å². The second kappa shape index (κ2) is 3.38. The van der Waals surface area contributed by atoms with Crippen molar-refractivity contribution < 1.29 is 4.74 Å². The van der Waals surface area contributed by atoms with Crippen molar-refractivity contribution >= 4 is 16.7 Å². The Hall–Kier alpha value is -1.75. The first-order valence-corrected chi connectivity index (χ1v) is 5.18.